The monoisotopic (exact) mass is 498 g/mol. The van der Waals surface area contributed by atoms with Gasteiger partial charge in [0, 0.05) is 36.9 Å². The van der Waals surface area contributed by atoms with E-state index in [9.17, 15) is 9.90 Å². The molecule has 186 valence electrons. The number of benzene rings is 2. The minimum absolute atomic E-state index is 0.0654. The summed E-state index contributed by atoms with van der Waals surface area (Å²) in [5.41, 5.74) is 3.01. The smallest absolute Gasteiger partial charge is 0.258 e. The first kappa shape index (κ1) is 26.3. The quantitative estimate of drug-likeness (QED) is 0.407. The molecule has 0 aliphatic carbocycles. The molecule has 0 fully saturated rings. The topological polar surface area (TPSA) is 105 Å². The van der Waals surface area contributed by atoms with Gasteiger partial charge in [0.25, 0.3) is 5.56 Å². The van der Waals surface area contributed by atoms with E-state index in [0.29, 0.717) is 27.2 Å². The highest BCUT2D eigenvalue weighted by Gasteiger charge is 2.15. The van der Waals surface area contributed by atoms with Crippen LogP contribution < -0.4 is 15.6 Å². The van der Waals surface area contributed by atoms with Gasteiger partial charge in [-0.15, -0.1) is 0 Å². The maximum Gasteiger partial charge on any atom is 0.258 e. The van der Waals surface area contributed by atoms with Crippen molar-refractivity contribution in [3.63, 3.8) is 0 Å². The first-order chi connectivity index (χ1) is 16.4. The van der Waals surface area contributed by atoms with Gasteiger partial charge in [-0.1, -0.05) is 34.6 Å². The van der Waals surface area contributed by atoms with Gasteiger partial charge >= 0.3 is 0 Å². The van der Waals surface area contributed by atoms with Crippen molar-refractivity contribution in [2.75, 3.05) is 53.3 Å². The number of H-pyrrole nitrogens is 1. The van der Waals surface area contributed by atoms with Gasteiger partial charge in [-0.05, 0) is 42.1 Å². The Bertz CT molecular complexity index is 1370. The Morgan fingerprint density at radius 3 is 2.29 bits per heavy atom. The summed E-state index contributed by atoms with van der Waals surface area (Å²) in [5.74, 6) is -0.268. The normalized spacial score (nSPS) is 11.3. The fourth-order valence-corrected chi connectivity index (χ4v) is 3.73. The number of pyridine rings is 1. The van der Waals surface area contributed by atoms with Crippen LogP contribution in [-0.2, 0) is 0 Å². The summed E-state index contributed by atoms with van der Waals surface area (Å²) in [5, 5.41) is 26.0. The van der Waals surface area contributed by atoms with E-state index >= 15 is 0 Å². The molecule has 0 unspecified atom stereocenters. The van der Waals surface area contributed by atoms with Gasteiger partial charge in [0.1, 0.15) is 6.54 Å². The van der Waals surface area contributed by atoms with Crippen molar-refractivity contribution in [3.8, 4) is 28.2 Å². The van der Waals surface area contributed by atoms with E-state index in [4.69, 9.17) is 21.2 Å². The lowest BCUT2D eigenvalue weighted by Gasteiger charge is -2.21. The van der Waals surface area contributed by atoms with E-state index in [0.717, 1.165) is 22.3 Å². The number of aryl methyl sites for hydroxylation is 1. The second-order valence-corrected chi connectivity index (χ2v) is 9.95. The Kier molecular flexibility index (Phi) is 7.90. The van der Waals surface area contributed by atoms with Gasteiger partial charge in [-0.3, -0.25) is 4.79 Å². The van der Waals surface area contributed by atoms with E-state index < -0.39 is 11.3 Å². The number of anilines is 1. The maximum atomic E-state index is 13.0. The molecule has 0 spiro atoms. The molecule has 0 saturated carbocycles. The number of rotatable bonds is 5. The number of aromatic nitrogens is 2. The largest absolute Gasteiger partial charge is 0.871 e. The number of aromatic amines is 1. The average molecular weight is 499 g/mol. The average Bonchev–Trinajstić information content (AvgIpc) is 3.18. The van der Waals surface area contributed by atoms with E-state index in [1.165, 1.54) is 0 Å². The highest BCUT2D eigenvalue weighted by molar-refractivity contribution is 6.34. The third kappa shape index (κ3) is 6.22. The first-order valence-corrected chi connectivity index (χ1v) is 11.5. The maximum absolute atomic E-state index is 13.0. The molecule has 9 heteroatoms. The summed E-state index contributed by atoms with van der Waals surface area (Å²) < 4.78 is 5.98. The Hall–Kier alpha value is -3.33. The SMILES string of the molecule is C[N+](C)(C)CCO.Cc1cc(-c2c([O-])c3cc(-c4ccc(N(C)C)cc4)c(Cl)cc3[nH]c2=O)on1. The summed E-state index contributed by atoms with van der Waals surface area (Å²) in [7, 11) is 10.1. The van der Waals surface area contributed by atoms with Crippen LogP contribution in [0.4, 0.5) is 5.69 Å². The molecule has 0 aliphatic heterocycles. The molecule has 0 radical (unpaired) electrons. The van der Waals surface area contributed by atoms with Crippen LogP contribution in [-0.4, -0.2) is 68.1 Å². The number of hydrogen-bond donors (Lipinski definition) is 2. The molecule has 0 bridgehead atoms. The van der Waals surface area contributed by atoms with Crippen molar-refractivity contribution in [2.24, 2.45) is 0 Å². The second kappa shape index (κ2) is 10.5. The Morgan fingerprint density at radius 2 is 1.80 bits per heavy atom. The van der Waals surface area contributed by atoms with E-state index in [2.05, 4.69) is 31.3 Å². The number of likely N-dealkylation sites (N-methyl/N-ethyl adjacent to an activating group) is 1. The lowest BCUT2D eigenvalue weighted by Crippen LogP contribution is -2.36. The van der Waals surface area contributed by atoms with Crippen molar-refractivity contribution in [1.82, 2.24) is 10.1 Å². The predicted molar refractivity (Wildman–Crippen MR) is 139 cm³/mol. The molecule has 2 N–H and O–H groups in total. The van der Waals surface area contributed by atoms with Gasteiger partial charge < -0.3 is 29.1 Å². The van der Waals surface area contributed by atoms with Crippen LogP contribution in [0.1, 0.15) is 5.69 Å². The summed E-state index contributed by atoms with van der Waals surface area (Å²) in [6, 6.07) is 12.7. The zero-order valence-electron chi connectivity index (χ0n) is 20.8. The van der Waals surface area contributed by atoms with Gasteiger partial charge in [0.15, 0.2) is 5.76 Å². The molecule has 2 aromatic heterocycles. The van der Waals surface area contributed by atoms with Crippen LogP contribution >= 0.6 is 11.6 Å². The zero-order chi connectivity index (χ0) is 25.9. The van der Waals surface area contributed by atoms with E-state index in [-0.39, 0.29) is 17.9 Å². The molecule has 35 heavy (non-hydrogen) atoms. The highest BCUT2D eigenvalue weighted by Crippen LogP contribution is 2.37. The number of nitrogens with zero attached hydrogens (tertiary/aromatic N) is 3. The molecule has 0 atom stereocenters. The van der Waals surface area contributed by atoms with Crippen molar-refractivity contribution < 1.29 is 19.2 Å². The van der Waals surface area contributed by atoms with Crippen LogP contribution in [0.15, 0.2) is 51.8 Å². The van der Waals surface area contributed by atoms with E-state index in [1.54, 1.807) is 25.1 Å². The molecular weight excluding hydrogens is 468 g/mol. The molecule has 0 aliphatic rings. The molecule has 8 nitrogen and oxygen atoms in total. The Morgan fingerprint density at radius 1 is 1.14 bits per heavy atom. The van der Waals surface area contributed by atoms with Crippen LogP contribution in [0.2, 0.25) is 5.02 Å². The third-order valence-corrected chi connectivity index (χ3v) is 5.71. The number of nitrogens with one attached hydrogen (secondary N) is 1. The van der Waals surface area contributed by atoms with Gasteiger partial charge in [-0.2, -0.15) is 0 Å². The summed E-state index contributed by atoms with van der Waals surface area (Å²) in [6.45, 7) is 2.84. The number of halogens is 1. The minimum Gasteiger partial charge on any atom is -0.871 e. The third-order valence-electron chi connectivity index (χ3n) is 5.39. The number of fused-ring (bicyclic) bond motifs is 1. The lowest BCUT2D eigenvalue weighted by atomic mass is 10.0. The fraction of sp³-hybridized carbons (Fsp3) is 0.308. The molecule has 2 heterocycles. The van der Waals surface area contributed by atoms with Crippen molar-refractivity contribution >= 4 is 28.2 Å². The summed E-state index contributed by atoms with van der Waals surface area (Å²) in [6.07, 6.45) is 0. The van der Waals surface area contributed by atoms with Gasteiger partial charge in [0.2, 0.25) is 0 Å². The summed E-state index contributed by atoms with van der Waals surface area (Å²) in [4.78, 5) is 17.2. The van der Waals surface area contributed by atoms with Crippen LogP contribution in [0.25, 0.3) is 33.4 Å². The number of aliphatic hydroxyl groups is 1. The van der Waals surface area contributed by atoms with Crippen LogP contribution in [0.5, 0.6) is 5.75 Å². The number of aliphatic hydroxyl groups excluding tert-OH is 1. The Labute approximate surface area is 209 Å². The minimum atomic E-state index is -0.534. The van der Waals surface area contributed by atoms with Gasteiger partial charge in [0.05, 0.1) is 44.0 Å². The predicted octanol–water partition coefficient (Wildman–Crippen LogP) is 3.64. The molecule has 4 aromatic rings. The standard InChI is InChI=1S/C21H18ClN3O3.C5H14NO/c1-11-8-18(28-24-11)19-20(26)15-9-14(16(22)10-17(15)23-21(19)27)12-4-6-13(7-5-12)25(2)3;1-6(2,3)4-5-7/h4-10H,1-3H3,(H2,23,26,27);7H,4-5H2,1-3H3/q;+1/p-1. The number of quaternary nitrogens is 1. The molecule has 4 rings (SSSR count). The van der Waals surface area contributed by atoms with Crippen molar-refractivity contribution in [2.45, 2.75) is 6.92 Å². The second-order valence-electron chi connectivity index (χ2n) is 9.55. The molecule has 0 amide bonds. The molecular formula is C26H31ClN4O4. The Balaban J connectivity index is 0.000000429. The summed E-state index contributed by atoms with van der Waals surface area (Å²) >= 11 is 6.44. The lowest BCUT2D eigenvalue weighted by molar-refractivity contribution is -0.870. The van der Waals surface area contributed by atoms with Crippen molar-refractivity contribution in [3.05, 3.63) is 63.5 Å². The first-order valence-electron chi connectivity index (χ1n) is 11.1. The van der Waals surface area contributed by atoms with Gasteiger partial charge in [-0.25, -0.2) is 0 Å². The van der Waals surface area contributed by atoms with E-state index in [1.807, 2.05) is 43.3 Å². The zero-order valence-corrected chi connectivity index (χ0v) is 21.6. The van der Waals surface area contributed by atoms with Crippen LogP contribution in [0.3, 0.4) is 0 Å². The molecule has 2 aromatic carbocycles. The highest BCUT2D eigenvalue weighted by atomic mass is 35.5. The number of hydrogen-bond acceptors (Lipinski definition) is 6. The fourth-order valence-electron chi connectivity index (χ4n) is 3.45. The molecule has 0 saturated heterocycles. The van der Waals surface area contributed by atoms with Crippen LogP contribution in [0, 0.1) is 6.92 Å². The van der Waals surface area contributed by atoms with Crippen molar-refractivity contribution in [1.29, 1.82) is 0 Å².